The number of ether oxygens (including phenoxy) is 1. The SMILES string of the molecule is CC(=O)Nc1nc2ccc(Oc3ccc(NC(=O)Nc4ncc(C)s4)cc3)cc2[nH]1. The van der Waals surface area contributed by atoms with E-state index in [1.54, 1.807) is 48.7 Å². The van der Waals surface area contributed by atoms with Gasteiger partial charge in [-0.1, -0.05) is 0 Å². The number of rotatable bonds is 5. The Morgan fingerprint density at radius 3 is 2.50 bits per heavy atom. The molecule has 0 spiro atoms. The van der Waals surface area contributed by atoms with Gasteiger partial charge in [-0.15, -0.1) is 11.3 Å². The van der Waals surface area contributed by atoms with E-state index in [-0.39, 0.29) is 11.9 Å². The molecular weight excluding hydrogens is 404 g/mol. The second-order valence-electron chi connectivity index (χ2n) is 6.43. The topological polar surface area (TPSA) is 121 Å². The summed E-state index contributed by atoms with van der Waals surface area (Å²) in [5.41, 5.74) is 2.08. The third kappa shape index (κ3) is 4.73. The van der Waals surface area contributed by atoms with Crippen LogP contribution in [0.3, 0.4) is 0 Å². The van der Waals surface area contributed by atoms with E-state index in [1.807, 2.05) is 6.92 Å². The number of urea groups is 1. The molecule has 2 aromatic heterocycles. The molecule has 0 fully saturated rings. The molecule has 0 aliphatic rings. The van der Waals surface area contributed by atoms with Gasteiger partial charge in [0.05, 0.1) is 11.0 Å². The van der Waals surface area contributed by atoms with Crippen LogP contribution in [0.2, 0.25) is 0 Å². The summed E-state index contributed by atoms with van der Waals surface area (Å²) in [6.07, 6.45) is 1.70. The van der Waals surface area contributed by atoms with Crippen molar-refractivity contribution in [3.8, 4) is 11.5 Å². The van der Waals surface area contributed by atoms with Crippen LogP contribution >= 0.6 is 11.3 Å². The molecule has 2 aromatic carbocycles. The van der Waals surface area contributed by atoms with E-state index in [0.717, 1.165) is 10.4 Å². The standard InChI is InChI=1S/C20H18N6O3S/c1-11-10-21-20(30-11)26-19(28)23-13-3-5-14(6-4-13)29-15-7-8-16-17(9-15)25-18(24-16)22-12(2)27/h3-10H,1-2H3,(H2,21,23,26,28)(H2,22,24,25,27). The largest absolute Gasteiger partial charge is 0.457 e. The van der Waals surface area contributed by atoms with Gasteiger partial charge < -0.3 is 15.0 Å². The predicted octanol–water partition coefficient (Wildman–Crippen LogP) is 4.72. The van der Waals surface area contributed by atoms with Gasteiger partial charge in [-0.05, 0) is 43.3 Å². The van der Waals surface area contributed by atoms with Crippen LogP contribution in [0.15, 0.2) is 48.7 Å². The number of anilines is 3. The fourth-order valence-electron chi connectivity index (χ4n) is 2.69. The second kappa shape index (κ2) is 8.21. The predicted molar refractivity (Wildman–Crippen MR) is 116 cm³/mol. The van der Waals surface area contributed by atoms with Crippen molar-refractivity contribution < 1.29 is 14.3 Å². The van der Waals surface area contributed by atoms with Crippen LogP contribution in [-0.2, 0) is 4.79 Å². The number of nitrogens with one attached hydrogen (secondary N) is 4. The third-order valence-electron chi connectivity index (χ3n) is 3.94. The lowest BCUT2D eigenvalue weighted by Gasteiger charge is -2.08. The summed E-state index contributed by atoms with van der Waals surface area (Å²) in [7, 11) is 0. The smallest absolute Gasteiger partial charge is 0.325 e. The highest BCUT2D eigenvalue weighted by Crippen LogP contribution is 2.26. The Hall–Kier alpha value is -3.92. The fourth-order valence-corrected chi connectivity index (χ4v) is 3.35. The molecule has 0 saturated carbocycles. The normalized spacial score (nSPS) is 10.6. The number of hydrogen-bond donors (Lipinski definition) is 4. The molecule has 0 radical (unpaired) electrons. The fraction of sp³-hybridized carbons (Fsp3) is 0.100. The summed E-state index contributed by atoms with van der Waals surface area (Å²) in [6.45, 7) is 3.34. The molecule has 0 bridgehead atoms. The van der Waals surface area contributed by atoms with Crippen molar-refractivity contribution in [1.82, 2.24) is 15.0 Å². The number of carbonyl (C=O) groups is 2. The maximum absolute atomic E-state index is 12.0. The van der Waals surface area contributed by atoms with Gasteiger partial charge in [-0.25, -0.2) is 14.8 Å². The Balaban J connectivity index is 1.39. The number of aromatic amines is 1. The van der Waals surface area contributed by atoms with Crippen LogP contribution in [0.25, 0.3) is 11.0 Å². The number of imidazole rings is 1. The average molecular weight is 422 g/mol. The number of nitrogens with zero attached hydrogens (tertiary/aromatic N) is 2. The first-order valence-electron chi connectivity index (χ1n) is 9.00. The maximum Gasteiger partial charge on any atom is 0.325 e. The first-order chi connectivity index (χ1) is 14.4. The highest BCUT2D eigenvalue weighted by atomic mass is 32.1. The second-order valence-corrected chi connectivity index (χ2v) is 7.66. The molecule has 0 aliphatic heterocycles. The summed E-state index contributed by atoms with van der Waals surface area (Å²) >= 11 is 1.40. The minimum absolute atomic E-state index is 0.199. The van der Waals surface area contributed by atoms with Gasteiger partial charge in [-0.3, -0.25) is 15.4 Å². The van der Waals surface area contributed by atoms with Crippen LogP contribution < -0.4 is 20.7 Å². The minimum Gasteiger partial charge on any atom is -0.457 e. The van der Waals surface area contributed by atoms with Crippen molar-refractivity contribution in [2.45, 2.75) is 13.8 Å². The molecule has 10 heteroatoms. The number of aryl methyl sites for hydroxylation is 1. The van der Waals surface area contributed by atoms with E-state index in [0.29, 0.717) is 33.8 Å². The van der Waals surface area contributed by atoms with Gasteiger partial charge >= 0.3 is 6.03 Å². The summed E-state index contributed by atoms with van der Waals surface area (Å²) in [4.78, 5) is 35.6. The van der Waals surface area contributed by atoms with Gasteiger partial charge in [0, 0.05) is 29.8 Å². The molecule has 0 saturated heterocycles. The Bertz CT molecular complexity index is 1210. The van der Waals surface area contributed by atoms with Gasteiger partial charge in [-0.2, -0.15) is 0 Å². The Morgan fingerprint density at radius 1 is 1.03 bits per heavy atom. The quantitative estimate of drug-likeness (QED) is 0.371. The van der Waals surface area contributed by atoms with Crippen molar-refractivity contribution in [2.24, 2.45) is 0 Å². The molecule has 0 atom stereocenters. The minimum atomic E-state index is -0.363. The zero-order valence-corrected chi connectivity index (χ0v) is 17.0. The lowest BCUT2D eigenvalue weighted by atomic mass is 10.3. The number of amides is 3. The van der Waals surface area contributed by atoms with Crippen LogP contribution in [-0.4, -0.2) is 26.9 Å². The Morgan fingerprint density at radius 2 is 1.80 bits per heavy atom. The molecule has 4 aromatic rings. The third-order valence-corrected chi connectivity index (χ3v) is 4.77. The molecule has 0 aliphatic carbocycles. The number of H-pyrrole nitrogens is 1. The zero-order valence-electron chi connectivity index (χ0n) is 16.1. The van der Waals surface area contributed by atoms with Crippen molar-refractivity contribution in [1.29, 1.82) is 0 Å². The van der Waals surface area contributed by atoms with Crippen LogP contribution in [0.5, 0.6) is 11.5 Å². The molecule has 2 heterocycles. The summed E-state index contributed by atoms with van der Waals surface area (Å²) < 4.78 is 5.86. The van der Waals surface area contributed by atoms with Gasteiger partial charge in [0.1, 0.15) is 11.5 Å². The molecular formula is C20H18N6O3S. The number of hydrogen-bond acceptors (Lipinski definition) is 6. The highest BCUT2D eigenvalue weighted by Gasteiger charge is 2.08. The molecule has 30 heavy (non-hydrogen) atoms. The number of aromatic nitrogens is 3. The number of benzene rings is 2. The van der Waals surface area contributed by atoms with E-state index in [2.05, 4.69) is 30.9 Å². The molecule has 0 unspecified atom stereocenters. The summed E-state index contributed by atoms with van der Waals surface area (Å²) in [5, 5.41) is 8.59. The van der Waals surface area contributed by atoms with Crippen LogP contribution in [0.1, 0.15) is 11.8 Å². The van der Waals surface area contributed by atoms with Crippen LogP contribution in [0, 0.1) is 6.92 Å². The number of thiazole rings is 1. The number of carbonyl (C=O) groups excluding carboxylic acids is 2. The number of fused-ring (bicyclic) bond motifs is 1. The zero-order chi connectivity index (χ0) is 21.1. The van der Waals surface area contributed by atoms with E-state index in [9.17, 15) is 9.59 Å². The molecule has 9 nitrogen and oxygen atoms in total. The van der Waals surface area contributed by atoms with Gasteiger partial charge in [0.15, 0.2) is 5.13 Å². The van der Waals surface area contributed by atoms with Crippen molar-refractivity contribution >= 4 is 51.1 Å². The van der Waals surface area contributed by atoms with Crippen molar-refractivity contribution in [2.75, 3.05) is 16.0 Å². The summed E-state index contributed by atoms with van der Waals surface area (Å²) in [6, 6.07) is 12.0. The lowest BCUT2D eigenvalue weighted by molar-refractivity contribution is -0.114. The van der Waals surface area contributed by atoms with Crippen molar-refractivity contribution in [3.05, 3.63) is 53.5 Å². The molecule has 3 amide bonds. The Kier molecular flexibility index (Phi) is 5.31. The van der Waals surface area contributed by atoms with Gasteiger partial charge in [0.25, 0.3) is 0 Å². The van der Waals surface area contributed by atoms with Crippen LogP contribution in [0.4, 0.5) is 21.6 Å². The average Bonchev–Trinajstić information content (AvgIpc) is 3.27. The van der Waals surface area contributed by atoms with E-state index >= 15 is 0 Å². The first-order valence-corrected chi connectivity index (χ1v) is 9.82. The monoisotopic (exact) mass is 422 g/mol. The lowest BCUT2D eigenvalue weighted by Crippen LogP contribution is -2.19. The first kappa shape index (κ1) is 19.4. The van der Waals surface area contributed by atoms with Gasteiger partial charge in [0.2, 0.25) is 11.9 Å². The van der Waals surface area contributed by atoms with E-state index < -0.39 is 0 Å². The summed E-state index contributed by atoms with van der Waals surface area (Å²) in [5.74, 6) is 1.40. The van der Waals surface area contributed by atoms with E-state index in [4.69, 9.17) is 4.74 Å². The Labute approximate surface area is 175 Å². The highest BCUT2D eigenvalue weighted by molar-refractivity contribution is 7.15. The molecule has 4 N–H and O–H groups in total. The molecule has 4 rings (SSSR count). The maximum atomic E-state index is 12.0. The van der Waals surface area contributed by atoms with E-state index in [1.165, 1.54) is 18.3 Å². The van der Waals surface area contributed by atoms with Crippen molar-refractivity contribution in [3.63, 3.8) is 0 Å². The molecule has 152 valence electrons.